The Kier molecular flexibility index (Phi) is 5.02. The standard InChI is InChI=1S/C15H15N3O4/c1-2-11-6-3-4-7-12(11)17-14(19)10-22-13-8-5-9-16-15(13)18(20)21/h3-9H,2,10H2,1H3,(H,17,19). The molecule has 0 bridgehead atoms. The minimum absolute atomic E-state index is 0.0357. The van der Waals surface area contributed by atoms with Gasteiger partial charge in [-0.1, -0.05) is 25.1 Å². The molecular formula is C15H15N3O4. The van der Waals surface area contributed by atoms with E-state index in [0.717, 1.165) is 12.0 Å². The highest BCUT2D eigenvalue weighted by Gasteiger charge is 2.16. The molecule has 0 aliphatic heterocycles. The first-order valence-corrected chi connectivity index (χ1v) is 6.71. The summed E-state index contributed by atoms with van der Waals surface area (Å²) in [5, 5.41) is 13.5. The lowest BCUT2D eigenvalue weighted by Gasteiger charge is -2.10. The van der Waals surface area contributed by atoms with Gasteiger partial charge in [0.2, 0.25) is 5.75 Å². The van der Waals surface area contributed by atoms with E-state index in [4.69, 9.17) is 4.74 Å². The van der Waals surface area contributed by atoms with Gasteiger partial charge in [0.15, 0.2) is 6.61 Å². The Morgan fingerprint density at radius 3 is 2.82 bits per heavy atom. The topological polar surface area (TPSA) is 94.4 Å². The van der Waals surface area contributed by atoms with E-state index in [0.29, 0.717) is 5.69 Å². The first kappa shape index (κ1) is 15.4. The minimum Gasteiger partial charge on any atom is -0.476 e. The quantitative estimate of drug-likeness (QED) is 0.653. The van der Waals surface area contributed by atoms with Crippen LogP contribution in [-0.4, -0.2) is 22.4 Å². The lowest BCUT2D eigenvalue weighted by atomic mass is 10.1. The summed E-state index contributed by atoms with van der Waals surface area (Å²) in [6.45, 7) is 1.66. The number of para-hydroxylation sites is 1. The van der Waals surface area contributed by atoms with Crippen LogP contribution in [0.1, 0.15) is 12.5 Å². The first-order valence-electron chi connectivity index (χ1n) is 6.71. The molecule has 0 spiro atoms. The molecule has 0 aliphatic carbocycles. The summed E-state index contributed by atoms with van der Waals surface area (Å²) in [5.74, 6) is -0.838. The predicted octanol–water partition coefficient (Wildman–Crippen LogP) is 2.57. The van der Waals surface area contributed by atoms with Crippen molar-refractivity contribution in [3.05, 3.63) is 58.3 Å². The van der Waals surface area contributed by atoms with Gasteiger partial charge >= 0.3 is 5.82 Å². The normalized spacial score (nSPS) is 10.0. The van der Waals surface area contributed by atoms with Crippen molar-refractivity contribution in [1.82, 2.24) is 4.98 Å². The molecule has 0 radical (unpaired) electrons. The molecular weight excluding hydrogens is 286 g/mol. The summed E-state index contributed by atoms with van der Waals surface area (Å²) in [6.07, 6.45) is 2.08. The van der Waals surface area contributed by atoms with Crippen LogP contribution in [0.15, 0.2) is 42.6 Å². The molecule has 1 aromatic heterocycles. The van der Waals surface area contributed by atoms with Crippen molar-refractivity contribution >= 4 is 17.4 Å². The molecule has 0 atom stereocenters. The number of nitrogens with one attached hydrogen (secondary N) is 1. The molecule has 0 aliphatic rings. The van der Waals surface area contributed by atoms with Crippen molar-refractivity contribution in [2.75, 3.05) is 11.9 Å². The van der Waals surface area contributed by atoms with Crippen LogP contribution in [0.3, 0.4) is 0 Å². The second kappa shape index (κ2) is 7.16. The van der Waals surface area contributed by atoms with Crippen molar-refractivity contribution in [1.29, 1.82) is 0 Å². The van der Waals surface area contributed by atoms with E-state index < -0.39 is 10.7 Å². The van der Waals surface area contributed by atoms with Crippen molar-refractivity contribution in [3.63, 3.8) is 0 Å². The number of aryl methyl sites for hydroxylation is 1. The van der Waals surface area contributed by atoms with Crippen LogP contribution in [-0.2, 0) is 11.2 Å². The smallest absolute Gasteiger partial charge is 0.406 e. The first-order chi connectivity index (χ1) is 10.6. The summed E-state index contributed by atoms with van der Waals surface area (Å²) in [6, 6.07) is 10.3. The number of nitro groups is 1. The molecule has 2 aromatic rings. The number of carbonyl (C=O) groups excluding carboxylic acids is 1. The molecule has 0 saturated heterocycles. The van der Waals surface area contributed by atoms with E-state index in [1.54, 1.807) is 6.07 Å². The molecule has 0 saturated carbocycles. The van der Waals surface area contributed by atoms with Crippen LogP contribution in [0.2, 0.25) is 0 Å². The van der Waals surface area contributed by atoms with Crippen LogP contribution in [0.5, 0.6) is 5.75 Å². The number of hydrogen-bond acceptors (Lipinski definition) is 5. The number of amides is 1. The van der Waals surface area contributed by atoms with Gasteiger partial charge in [0.05, 0.1) is 0 Å². The second-order valence-corrected chi connectivity index (χ2v) is 4.43. The lowest BCUT2D eigenvalue weighted by molar-refractivity contribution is -0.390. The van der Waals surface area contributed by atoms with E-state index >= 15 is 0 Å². The van der Waals surface area contributed by atoms with Crippen molar-refractivity contribution < 1.29 is 14.5 Å². The van der Waals surface area contributed by atoms with Gasteiger partial charge in [-0.25, -0.2) is 0 Å². The number of benzene rings is 1. The number of aromatic nitrogens is 1. The SMILES string of the molecule is CCc1ccccc1NC(=O)COc1cccnc1[N+](=O)[O-]. The van der Waals surface area contributed by atoms with Gasteiger partial charge < -0.3 is 20.2 Å². The molecule has 2 rings (SSSR count). The molecule has 114 valence electrons. The lowest BCUT2D eigenvalue weighted by Crippen LogP contribution is -2.21. The second-order valence-electron chi connectivity index (χ2n) is 4.43. The summed E-state index contributed by atoms with van der Waals surface area (Å²) >= 11 is 0. The molecule has 1 heterocycles. The average Bonchev–Trinajstić information content (AvgIpc) is 2.53. The molecule has 0 fully saturated rings. The van der Waals surface area contributed by atoms with Gasteiger partial charge in [-0.2, -0.15) is 0 Å². The number of anilines is 1. The fraction of sp³-hybridized carbons (Fsp3) is 0.200. The van der Waals surface area contributed by atoms with E-state index in [-0.39, 0.29) is 18.3 Å². The summed E-state index contributed by atoms with van der Waals surface area (Å²) < 4.78 is 5.19. The molecule has 1 amide bonds. The zero-order valence-corrected chi connectivity index (χ0v) is 12.0. The Morgan fingerprint density at radius 1 is 1.32 bits per heavy atom. The van der Waals surface area contributed by atoms with Crippen LogP contribution >= 0.6 is 0 Å². The summed E-state index contributed by atoms with van der Waals surface area (Å²) in [4.78, 5) is 25.7. The van der Waals surface area contributed by atoms with Crippen molar-refractivity contribution in [2.24, 2.45) is 0 Å². The van der Waals surface area contributed by atoms with E-state index in [9.17, 15) is 14.9 Å². The Labute approximate surface area is 127 Å². The summed E-state index contributed by atoms with van der Waals surface area (Å²) in [5.41, 5.74) is 1.71. The van der Waals surface area contributed by atoms with Crippen LogP contribution in [0.25, 0.3) is 0 Å². The predicted molar refractivity (Wildman–Crippen MR) is 80.8 cm³/mol. The van der Waals surface area contributed by atoms with Gasteiger partial charge in [0.25, 0.3) is 5.91 Å². The summed E-state index contributed by atoms with van der Waals surface area (Å²) in [7, 11) is 0. The van der Waals surface area contributed by atoms with Crippen LogP contribution in [0, 0.1) is 10.1 Å². The number of rotatable bonds is 6. The maximum atomic E-state index is 11.9. The van der Waals surface area contributed by atoms with E-state index in [2.05, 4.69) is 10.3 Å². The number of nitrogens with zero attached hydrogens (tertiary/aromatic N) is 2. The van der Waals surface area contributed by atoms with Gasteiger partial charge in [0.1, 0.15) is 6.20 Å². The maximum absolute atomic E-state index is 11.9. The molecule has 1 N–H and O–H groups in total. The highest BCUT2D eigenvalue weighted by atomic mass is 16.6. The highest BCUT2D eigenvalue weighted by molar-refractivity contribution is 5.92. The van der Waals surface area contributed by atoms with Gasteiger partial charge in [-0.15, -0.1) is 0 Å². The van der Waals surface area contributed by atoms with Gasteiger partial charge in [-0.05, 0) is 40.1 Å². The minimum atomic E-state index is -0.653. The van der Waals surface area contributed by atoms with Crippen LogP contribution < -0.4 is 10.1 Å². The molecule has 1 aromatic carbocycles. The fourth-order valence-electron chi connectivity index (χ4n) is 1.91. The Bertz CT molecular complexity index is 688. The van der Waals surface area contributed by atoms with Gasteiger partial charge in [-0.3, -0.25) is 4.79 Å². The monoisotopic (exact) mass is 301 g/mol. The number of hydrogen-bond donors (Lipinski definition) is 1. The Morgan fingerprint density at radius 2 is 2.09 bits per heavy atom. The highest BCUT2D eigenvalue weighted by Crippen LogP contribution is 2.23. The largest absolute Gasteiger partial charge is 0.476 e. The molecule has 22 heavy (non-hydrogen) atoms. The Hall–Kier alpha value is -2.96. The van der Waals surface area contributed by atoms with Crippen molar-refractivity contribution in [3.8, 4) is 5.75 Å². The zero-order chi connectivity index (χ0) is 15.9. The fourth-order valence-corrected chi connectivity index (χ4v) is 1.91. The van der Waals surface area contributed by atoms with Gasteiger partial charge in [0, 0.05) is 5.69 Å². The maximum Gasteiger partial charge on any atom is 0.406 e. The molecule has 7 nitrogen and oxygen atoms in total. The van der Waals surface area contributed by atoms with Crippen LogP contribution in [0.4, 0.5) is 11.5 Å². The third kappa shape index (κ3) is 3.78. The average molecular weight is 301 g/mol. The third-order valence-corrected chi connectivity index (χ3v) is 2.95. The number of ether oxygens (including phenoxy) is 1. The zero-order valence-electron chi connectivity index (χ0n) is 12.0. The van der Waals surface area contributed by atoms with E-state index in [1.807, 2.05) is 25.1 Å². The molecule has 7 heteroatoms. The van der Waals surface area contributed by atoms with Crippen molar-refractivity contribution in [2.45, 2.75) is 13.3 Å². The third-order valence-electron chi connectivity index (χ3n) is 2.95. The molecule has 0 unspecified atom stereocenters. The Balaban J connectivity index is 2.00. The number of pyridine rings is 1. The number of carbonyl (C=O) groups is 1. The van der Waals surface area contributed by atoms with E-state index in [1.165, 1.54) is 18.3 Å².